The number of nitrogens with two attached hydrogens (primary N) is 1. The van der Waals surface area contributed by atoms with Crippen LogP contribution in [0.5, 0.6) is 0 Å². The SMILES string of the molecule is C=C/N=C\C(=C/N)c1ccc(-c2ccnc(Nc3ccc(N4CC=CCC4)cc3)n2)cc1. The van der Waals surface area contributed by atoms with Crippen LogP contribution in [0.4, 0.5) is 17.3 Å². The Morgan fingerprint density at radius 1 is 1.06 bits per heavy atom. The lowest BCUT2D eigenvalue weighted by Gasteiger charge is -2.25. The van der Waals surface area contributed by atoms with Crippen LogP contribution in [0.15, 0.2) is 96.9 Å². The Bertz CT molecular complexity index is 1140. The predicted octanol–water partition coefficient (Wildman–Crippen LogP) is 5.17. The van der Waals surface area contributed by atoms with Crippen molar-refractivity contribution in [3.05, 3.63) is 97.5 Å². The minimum atomic E-state index is 0.556. The van der Waals surface area contributed by atoms with E-state index < -0.39 is 0 Å². The molecule has 2 aromatic carbocycles. The van der Waals surface area contributed by atoms with Crippen molar-refractivity contribution in [3.63, 3.8) is 0 Å². The molecule has 1 aromatic heterocycles. The summed E-state index contributed by atoms with van der Waals surface area (Å²) in [7, 11) is 0. The molecule has 1 aliphatic heterocycles. The maximum atomic E-state index is 5.72. The second kappa shape index (κ2) is 10.2. The van der Waals surface area contributed by atoms with Crippen LogP contribution in [0.2, 0.25) is 0 Å². The number of nitrogens with one attached hydrogen (secondary N) is 1. The third kappa shape index (κ3) is 5.10. The van der Waals surface area contributed by atoms with Gasteiger partial charge in [0.05, 0.1) is 5.69 Å². The average molecular weight is 423 g/mol. The third-order valence-electron chi connectivity index (χ3n) is 5.21. The second-order valence-corrected chi connectivity index (χ2v) is 7.30. The van der Waals surface area contributed by atoms with E-state index in [0.717, 1.165) is 47.6 Å². The van der Waals surface area contributed by atoms with Gasteiger partial charge in [0.25, 0.3) is 0 Å². The molecule has 0 amide bonds. The van der Waals surface area contributed by atoms with E-state index in [2.05, 4.69) is 68.2 Å². The Morgan fingerprint density at radius 3 is 2.56 bits per heavy atom. The molecule has 3 N–H and O–H groups in total. The smallest absolute Gasteiger partial charge is 0.227 e. The van der Waals surface area contributed by atoms with Gasteiger partial charge < -0.3 is 16.0 Å². The molecule has 0 saturated heterocycles. The fraction of sp³-hybridized carbons (Fsp3) is 0.115. The molecule has 6 heteroatoms. The van der Waals surface area contributed by atoms with Gasteiger partial charge in [-0.2, -0.15) is 0 Å². The first-order valence-corrected chi connectivity index (χ1v) is 10.5. The monoisotopic (exact) mass is 422 g/mol. The van der Waals surface area contributed by atoms with Crippen molar-refractivity contribution in [1.29, 1.82) is 0 Å². The molecule has 0 aliphatic carbocycles. The van der Waals surface area contributed by atoms with Gasteiger partial charge in [0.15, 0.2) is 0 Å². The molecule has 0 atom stereocenters. The fourth-order valence-corrected chi connectivity index (χ4v) is 3.52. The van der Waals surface area contributed by atoms with Crippen LogP contribution in [0.3, 0.4) is 0 Å². The van der Waals surface area contributed by atoms with Crippen molar-refractivity contribution in [3.8, 4) is 11.3 Å². The first-order valence-electron chi connectivity index (χ1n) is 10.5. The molecule has 0 spiro atoms. The summed E-state index contributed by atoms with van der Waals surface area (Å²) < 4.78 is 0. The van der Waals surface area contributed by atoms with Gasteiger partial charge in [0, 0.05) is 60.4 Å². The average Bonchev–Trinajstić information content (AvgIpc) is 2.86. The van der Waals surface area contributed by atoms with Crippen LogP contribution in [0.25, 0.3) is 16.8 Å². The van der Waals surface area contributed by atoms with E-state index in [1.807, 2.05) is 30.3 Å². The summed E-state index contributed by atoms with van der Waals surface area (Å²) in [5, 5.41) is 3.30. The summed E-state index contributed by atoms with van der Waals surface area (Å²) in [6.07, 6.45) is 12.0. The summed E-state index contributed by atoms with van der Waals surface area (Å²) in [6, 6.07) is 18.3. The normalized spacial score (nSPS) is 14.0. The summed E-state index contributed by atoms with van der Waals surface area (Å²) in [5.74, 6) is 0.556. The summed E-state index contributed by atoms with van der Waals surface area (Å²) in [5.41, 5.74) is 11.5. The quantitative estimate of drug-likeness (QED) is 0.406. The molecule has 0 bridgehead atoms. The minimum Gasteiger partial charge on any atom is -0.404 e. The van der Waals surface area contributed by atoms with Gasteiger partial charge >= 0.3 is 0 Å². The number of nitrogens with zero attached hydrogens (tertiary/aromatic N) is 4. The van der Waals surface area contributed by atoms with E-state index in [1.54, 1.807) is 12.4 Å². The molecule has 0 saturated carbocycles. The van der Waals surface area contributed by atoms with E-state index >= 15 is 0 Å². The van der Waals surface area contributed by atoms with Crippen LogP contribution < -0.4 is 16.0 Å². The van der Waals surface area contributed by atoms with Gasteiger partial charge in [-0.15, -0.1) is 0 Å². The molecular weight excluding hydrogens is 396 g/mol. The van der Waals surface area contributed by atoms with Crippen LogP contribution in [0.1, 0.15) is 12.0 Å². The van der Waals surface area contributed by atoms with Crippen LogP contribution in [-0.4, -0.2) is 29.3 Å². The number of benzene rings is 2. The summed E-state index contributed by atoms with van der Waals surface area (Å²) >= 11 is 0. The second-order valence-electron chi connectivity index (χ2n) is 7.30. The largest absolute Gasteiger partial charge is 0.404 e. The highest BCUT2D eigenvalue weighted by molar-refractivity contribution is 6.09. The lowest BCUT2D eigenvalue weighted by Crippen LogP contribution is -2.26. The molecule has 0 radical (unpaired) electrons. The Labute approximate surface area is 188 Å². The number of aliphatic imine (C=N–C) groups is 1. The summed E-state index contributed by atoms with van der Waals surface area (Å²) in [6.45, 7) is 5.60. The molecule has 160 valence electrons. The Morgan fingerprint density at radius 2 is 1.88 bits per heavy atom. The molecule has 3 aromatic rings. The van der Waals surface area contributed by atoms with E-state index in [9.17, 15) is 0 Å². The molecular formula is C26H26N6. The number of aromatic nitrogens is 2. The number of rotatable bonds is 7. The van der Waals surface area contributed by atoms with Gasteiger partial charge in [0.1, 0.15) is 0 Å². The Balaban J connectivity index is 1.47. The molecule has 0 fully saturated rings. The van der Waals surface area contributed by atoms with Crippen LogP contribution in [-0.2, 0) is 0 Å². The first-order chi connectivity index (χ1) is 15.8. The fourth-order valence-electron chi connectivity index (χ4n) is 3.52. The van der Waals surface area contributed by atoms with Gasteiger partial charge in [-0.25, -0.2) is 9.97 Å². The molecule has 6 nitrogen and oxygen atoms in total. The number of hydrogen-bond donors (Lipinski definition) is 2. The lowest BCUT2D eigenvalue weighted by atomic mass is 10.0. The van der Waals surface area contributed by atoms with Crippen molar-refractivity contribution >= 4 is 29.1 Å². The number of anilines is 3. The zero-order chi connectivity index (χ0) is 22.2. The van der Waals surface area contributed by atoms with E-state index in [-0.39, 0.29) is 0 Å². The topological polar surface area (TPSA) is 79.4 Å². The Hall–Kier alpha value is -4.19. The predicted molar refractivity (Wildman–Crippen MR) is 134 cm³/mol. The van der Waals surface area contributed by atoms with E-state index in [4.69, 9.17) is 5.73 Å². The van der Waals surface area contributed by atoms with Crippen LogP contribution in [0, 0.1) is 0 Å². The maximum Gasteiger partial charge on any atom is 0.227 e. The number of allylic oxidation sites excluding steroid dienone is 1. The van der Waals surface area contributed by atoms with Crippen molar-refractivity contribution in [2.45, 2.75) is 6.42 Å². The maximum absolute atomic E-state index is 5.72. The minimum absolute atomic E-state index is 0.556. The standard InChI is InChI=1S/C26H26N6/c1-2-28-19-22(18-27)20-6-8-21(9-7-20)25-14-15-29-26(31-25)30-23-10-12-24(13-11-23)32-16-4-3-5-17-32/h2-4,6-15,18-19H,1,5,16-17,27H2,(H,29,30,31)/b22-18+,28-19-. The molecule has 2 heterocycles. The van der Waals surface area contributed by atoms with Crippen molar-refractivity contribution in [2.75, 3.05) is 23.3 Å². The molecule has 0 unspecified atom stereocenters. The van der Waals surface area contributed by atoms with Crippen molar-refractivity contribution in [1.82, 2.24) is 9.97 Å². The van der Waals surface area contributed by atoms with Crippen molar-refractivity contribution in [2.24, 2.45) is 10.7 Å². The van der Waals surface area contributed by atoms with Crippen molar-refractivity contribution < 1.29 is 0 Å². The molecule has 4 rings (SSSR count). The summed E-state index contributed by atoms with van der Waals surface area (Å²) in [4.78, 5) is 15.4. The first kappa shape index (κ1) is 21.1. The van der Waals surface area contributed by atoms with Gasteiger partial charge in [-0.05, 0) is 42.3 Å². The highest BCUT2D eigenvalue weighted by atomic mass is 15.1. The zero-order valence-electron chi connectivity index (χ0n) is 17.9. The highest BCUT2D eigenvalue weighted by Crippen LogP contribution is 2.24. The van der Waals surface area contributed by atoms with E-state index in [1.165, 1.54) is 18.1 Å². The molecule has 32 heavy (non-hydrogen) atoms. The Kier molecular flexibility index (Phi) is 6.72. The highest BCUT2D eigenvalue weighted by Gasteiger charge is 2.08. The van der Waals surface area contributed by atoms with Gasteiger partial charge in [-0.3, -0.25) is 4.99 Å². The van der Waals surface area contributed by atoms with Crippen LogP contribution >= 0.6 is 0 Å². The van der Waals surface area contributed by atoms with Gasteiger partial charge in [0.2, 0.25) is 5.95 Å². The van der Waals surface area contributed by atoms with E-state index in [0.29, 0.717) is 5.95 Å². The molecule has 1 aliphatic rings. The lowest BCUT2D eigenvalue weighted by molar-refractivity contribution is 0.821. The third-order valence-corrected chi connectivity index (χ3v) is 5.21. The zero-order valence-corrected chi connectivity index (χ0v) is 17.9. The number of hydrogen-bond acceptors (Lipinski definition) is 6. The van der Waals surface area contributed by atoms with Gasteiger partial charge in [-0.1, -0.05) is 43.0 Å².